The maximum Gasteiger partial charge on any atom is 0.411 e. The van der Waals surface area contributed by atoms with Crippen LogP contribution in [0.15, 0.2) is 24.3 Å². The number of ether oxygens (including phenoxy) is 1. The van der Waals surface area contributed by atoms with E-state index in [1.54, 1.807) is 12.1 Å². The van der Waals surface area contributed by atoms with E-state index in [0.29, 0.717) is 5.69 Å². The molecule has 0 bridgehead atoms. The van der Waals surface area contributed by atoms with Gasteiger partial charge in [-0.05, 0) is 46.9 Å². The van der Waals surface area contributed by atoms with Crippen molar-refractivity contribution in [2.75, 3.05) is 18.5 Å². The van der Waals surface area contributed by atoms with Crippen LogP contribution in [0.1, 0.15) is 6.42 Å². The Bertz CT molecular complexity index is 392. The van der Waals surface area contributed by atoms with Gasteiger partial charge < -0.3 is 10.1 Å². The third-order valence-corrected chi connectivity index (χ3v) is 2.59. The molecular weight excluding hydrogens is 362 g/mol. The minimum absolute atomic E-state index is 0.109. The smallest absolute Gasteiger partial charge is 0.372 e. The number of nitrogens with one attached hydrogen (secondary N) is 1. The zero-order valence-electron chi connectivity index (χ0n) is 9.26. The van der Waals surface area contributed by atoms with Gasteiger partial charge in [-0.25, -0.2) is 0 Å². The molecule has 100 valence electrons. The Morgan fingerprint density at radius 3 is 2.44 bits per heavy atom. The Morgan fingerprint density at radius 1 is 1.28 bits per heavy atom. The molecule has 0 saturated carbocycles. The molecule has 0 saturated heterocycles. The molecule has 0 unspecified atom stereocenters. The molecule has 0 atom stereocenters. The number of anilines is 1. The first-order valence-corrected chi connectivity index (χ1v) is 6.14. The van der Waals surface area contributed by atoms with Crippen LogP contribution in [-0.2, 0) is 9.53 Å². The highest BCUT2D eigenvalue weighted by Gasteiger charge is 2.27. The fourth-order valence-corrected chi connectivity index (χ4v) is 1.47. The summed E-state index contributed by atoms with van der Waals surface area (Å²) in [7, 11) is 0. The topological polar surface area (TPSA) is 38.3 Å². The largest absolute Gasteiger partial charge is 0.411 e. The van der Waals surface area contributed by atoms with Crippen LogP contribution >= 0.6 is 22.6 Å². The van der Waals surface area contributed by atoms with Gasteiger partial charge in [0.1, 0.15) is 6.61 Å². The fraction of sp³-hybridized carbons (Fsp3) is 0.364. The van der Waals surface area contributed by atoms with E-state index in [1.807, 2.05) is 12.1 Å². The summed E-state index contributed by atoms with van der Waals surface area (Å²) in [6.45, 7) is -1.58. The highest BCUT2D eigenvalue weighted by molar-refractivity contribution is 14.1. The molecule has 1 rings (SSSR count). The number of amides is 1. The standard InChI is InChI=1S/C11H11F3INO2/c12-11(13,14)7-18-6-5-10(17)16-9-3-1-8(15)2-4-9/h1-4H,5-7H2,(H,16,17). The molecular formula is C11H11F3INO2. The molecule has 0 heterocycles. The minimum Gasteiger partial charge on any atom is -0.372 e. The van der Waals surface area contributed by atoms with Crippen molar-refractivity contribution >= 4 is 34.2 Å². The van der Waals surface area contributed by atoms with Gasteiger partial charge in [0.2, 0.25) is 5.91 Å². The Kier molecular flexibility index (Phi) is 5.86. The second kappa shape index (κ2) is 6.93. The molecule has 7 heteroatoms. The number of alkyl halides is 3. The van der Waals surface area contributed by atoms with E-state index < -0.39 is 12.8 Å². The molecule has 0 radical (unpaired) electrons. The molecule has 1 amide bonds. The van der Waals surface area contributed by atoms with Gasteiger partial charge in [0.15, 0.2) is 0 Å². The molecule has 0 aliphatic carbocycles. The molecule has 0 fully saturated rings. The second-order valence-corrected chi connectivity index (χ2v) is 4.72. The summed E-state index contributed by atoms with van der Waals surface area (Å²) in [6.07, 6.45) is -4.46. The average Bonchev–Trinajstić information content (AvgIpc) is 2.26. The van der Waals surface area contributed by atoms with Crippen LogP contribution in [-0.4, -0.2) is 25.3 Å². The van der Waals surface area contributed by atoms with Crippen LogP contribution in [0, 0.1) is 3.57 Å². The molecule has 3 nitrogen and oxygen atoms in total. The van der Waals surface area contributed by atoms with Gasteiger partial charge in [-0.3, -0.25) is 4.79 Å². The van der Waals surface area contributed by atoms with Gasteiger partial charge in [-0.15, -0.1) is 0 Å². The van der Waals surface area contributed by atoms with E-state index in [1.165, 1.54) is 0 Å². The zero-order chi connectivity index (χ0) is 13.6. The number of hydrogen-bond acceptors (Lipinski definition) is 2. The molecule has 1 N–H and O–H groups in total. The molecule has 0 spiro atoms. The predicted molar refractivity (Wildman–Crippen MR) is 69.3 cm³/mol. The van der Waals surface area contributed by atoms with Crippen molar-refractivity contribution in [2.24, 2.45) is 0 Å². The van der Waals surface area contributed by atoms with Gasteiger partial charge >= 0.3 is 6.18 Å². The monoisotopic (exact) mass is 373 g/mol. The zero-order valence-corrected chi connectivity index (χ0v) is 11.4. The normalized spacial score (nSPS) is 11.3. The van der Waals surface area contributed by atoms with Crippen LogP contribution in [0.4, 0.5) is 18.9 Å². The van der Waals surface area contributed by atoms with Crippen LogP contribution in [0.3, 0.4) is 0 Å². The van der Waals surface area contributed by atoms with E-state index in [-0.39, 0.29) is 18.9 Å². The maximum atomic E-state index is 11.7. The highest BCUT2D eigenvalue weighted by Crippen LogP contribution is 2.14. The van der Waals surface area contributed by atoms with Crippen LogP contribution in [0.2, 0.25) is 0 Å². The number of benzene rings is 1. The van der Waals surface area contributed by atoms with E-state index in [9.17, 15) is 18.0 Å². The average molecular weight is 373 g/mol. The summed E-state index contributed by atoms with van der Waals surface area (Å²) in [5.74, 6) is -0.376. The van der Waals surface area contributed by atoms with Crippen molar-refractivity contribution < 1.29 is 22.7 Å². The third-order valence-electron chi connectivity index (χ3n) is 1.87. The van der Waals surface area contributed by atoms with Crippen molar-refractivity contribution in [3.63, 3.8) is 0 Å². The van der Waals surface area contributed by atoms with Gasteiger partial charge in [0.25, 0.3) is 0 Å². The first-order valence-electron chi connectivity index (χ1n) is 5.07. The Hall–Kier alpha value is -0.830. The lowest BCUT2D eigenvalue weighted by Gasteiger charge is -2.08. The first kappa shape index (κ1) is 15.2. The van der Waals surface area contributed by atoms with Crippen molar-refractivity contribution in [1.82, 2.24) is 0 Å². The van der Waals surface area contributed by atoms with Gasteiger partial charge in [0, 0.05) is 9.26 Å². The van der Waals surface area contributed by atoms with Gasteiger partial charge in [0.05, 0.1) is 13.0 Å². The third kappa shape index (κ3) is 6.80. The summed E-state index contributed by atoms with van der Waals surface area (Å²) in [4.78, 5) is 11.3. The molecule has 18 heavy (non-hydrogen) atoms. The molecule has 1 aromatic carbocycles. The molecule has 0 aliphatic heterocycles. The number of carbonyl (C=O) groups excluding carboxylic acids is 1. The summed E-state index contributed by atoms with van der Waals surface area (Å²) < 4.78 is 40.6. The quantitative estimate of drug-likeness (QED) is 0.636. The fourth-order valence-electron chi connectivity index (χ4n) is 1.11. The summed E-state index contributed by atoms with van der Waals surface area (Å²) in [5, 5.41) is 2.56. The number of hydrogen-bond donors (Lipinski definition) is 1. The highest BCUT2D eigenvalue weighted by atomic mass is 127. The Morgan fingerprint density at radius 2 is 1.89 bits per heavy atom. The van der Waals surface area contributed by atoms with Crippen LogP contribution < -0.4 is 5.32 Å². The second-order valence-electron chi connectivity index (χ2n) is 3.47. The number of carbonyl (C=O) groups is 1. The molecule has 0 aromatic heterocycles. The van der Waals surface area contributed by atoms with Crippen LogP contribution in [0.25, 0.3) is 0 Å². The van der Waals surface area contributed by atoms with Crippen molar-refractivity contribution in [1.29, 1.82) is 0 Å². The number of halogens is 4. The van der Waals surface area contributed by atoms with Gasteiger partial charge in [-0.1, -0.05) is 0 Å². The summed E-state index contributed by atoms with van der Waals surface area (Å²) >= 11 is 2.13. The van der Waals surface area contributed by atoms with Crippen molar-refractivity contribution in [3.8, 4) is 0 Å². The van der Waals surface area contributed by atoms with Crippen LogP contribution in [0.5, 0.6) is 0 Å². The molecule has 0 aliphatic rings. The molecule has 1 aromatic rings. The summed E-state index contributed by atoms with van der Waals surface area (Å²) in [5.41, 5.74) is 0.608. The van der Waals surface area contributed by atoms with Gasteiger partial charge in [-0.2, -0.15) is 13.2 Å². The lowest BCUT2D eigenvalue weighted by Crippen LogP contribution is -2.20. The number of rotatable bonds is 5. The van der Waals surface area contributed by atoms with E-state index in [4.69, 9.17) is 0 Å². The van der Waals surface area contributed by atoms with E-state index in [2.05, 4.69) is 32.6 Å². The predicted octanol–water partition coefficient (Wildman–Crippen LogP) is 3.20. The lowest BCUT2D eigenvalue weighted by molar-refractivity contribution is -0.174. The van der Waals surface area contributed by atoms with E-state index >= 15 is 0 Å². The van der Waals surface area contributed by atoms with Crippen molar-refractivity contribution in [2.45, 2.75) is 12.6 Å². The Balaban J connectivity index is 2.24. The first-order chi connectivity index (χ1) is 8.37. The lowest BCUT2D eigenvalue weighted by atomic mass is 10.3. The Labute approximate surface area is 116 Å². The maximum absolute atomic E-state index is 11.7. The van der Waals surface area contributed by atoms with E-state index in [0.717, 1.165) is 3.57 Å². The SMILES string of the molecule is O=C(CCOCC(F)(F)F)Nc1ccc(I)cc1. The summed E-state index contributed by atoms with van der Waals surface area (Å²) in [6, 6.07) is 7.07. The minimum atomic E-state index is -4.35. The van der Waals surface area contributed by atoms with Crippen molar-refractivity contribution in [3.05, 3.63) is 27.8 Å².